The largest absolute Gasteiger partial charge is 0.368 e. The molecule has 1 aliphatic rings. The minimum Gasteiger partial charge on any atom is -0.368 e. The Morgan fingerprint density at radius 1 is 1.36 bits per heavy atom. The first-order valence-corrected chi connectivity index (χ1v) is 7.44. The predicted molar refractivity (Wildman–Crippen MR) is 82.2 cm³/mol. The summed E-state index contributed by atoms with van der Waals surface area (Å²) in [6, 6.07) is 8.00. The van der Waals surface area contributed by atoms with Crippen molar-refractivity contribution in [1.82, 2.24) is 14.9 Å². The van der Waals surface area contributed by atoms with Gasteiger partial charge in [0.1, 0.15) is 6.10 Å². The van der Waals surface area contributed by atoms with Crippen LogP contribution in [0.15, 0.2) is 42.9 Å². The molecule has 1 aromatic carbocycles. The summed E-state index contributed by atoms with van der Waals surface area (Å²) in [5, 5.41) is 0. The Morgan fingerprint density at radius 2 is 2.23 bits per heavy atom. The molecule has 1 atom stereocenters. The van der Waals surface area contributed by atoms with Gasteiger partial charge in [0.25, 0.3) is 0 Å². The van der Waals surface area contributed by atoms with E-state index in [1.165, 1.54) is 0 Å². The molecule has 3 rings (SSSR count). The van der Waals surface area contributed by atoms with Crippen LogP contribution in [0.2, 0.25) is 0 Å². The molecular weight excluding hydrogens is 278 g/mol. The van der Waals surface area contributed by atoms with Gasteiger partial charge >= 0.3 is 0 Å². The zero-order valence-corrected chi connectivity index (χ0v) is 12.6. The smallest absolute Gasteiger partial charge is 0.227 e. The van der Waals surface area contributed by atoms with Crippen LogP contribution in [0.1, 0.15) is 22.9 Å². The van der Waals surface area contributed by atoms with Crippen molar-refractivity contribution in [2.24, 2.45) is 0 Å². The molecule has 0 radical (unpaired) electrons. The molecule has 0 N–H and O–H groups in total. The summed E-state index contributed by atoms with van der Waals surface area (Å²) >= 11 is 0. The number of carbonyl (C=O) groups is 1. The molecule has 1 saturated heterocycles. The lowest BCUT2D eigenvalue weighted by Gasteiger charge is -2.32. The molecule has 2 heterocycles. The Labute approximate surface area is 130 Å². The van der Waals surface area contributed by atoms with Gasteiger partial charge in [0, 0.05) is 18.9 Å². The molecule has 1 fully saturated rings. The van der Waals surface area contributed by atoms with Crippen LogP contribution in [0.3, 0.4) is 0 Å². The number of ether oxygens (including phenoxy) is 1. The van der Waals surface area contributed by atoms with E-state index in [-0.39, 0.29) is 12.0 Å². The van der Waals surface area contributed by atoms with Crippen LogP contribution in [-0.2, 0) is 16.0 Å². The Kier molecular flexibility index (Phi) is 4.44. The van der Waals surface area contributed by atoms with Gasteiger partial charge in [-0.05, 0) is 18.1 Å². The van der Waals surface area contributed by atoms with Gasteiger partial charge in [-0.2, -0.15) is 0 Å². The first kappa shape index (κ1) is 14.7. The van der Waals surface area contributed by atoms with Gasteiger partial charge in [0.05, 0.1) is 31.5 Å². The molecule has 114 valence electrons. The molecule has 5 nitrogen and oxygen atoms in total. The second-order valence-electron chi connectivity index (χ2n) is 5.43. The van der Waals surface area contributed by atoms with Crippen LogP contribution < -0.4 is 0 Å². The monoisotopic (exact) mass is 297 g/mol. The number of nitrogens with zero attached hydrogens (tertiary/aromatic N) is 3. The molecule has 1 aliphatic heterocycles. The molecular formula is C17H19N3O2. The van der Waals surface area contributed by atoms with Crippen molar-refractivity contribution < 1.29 is 9.53 Å². The summed E-state index contributed by atoms with van der Waals surface area (Å²) in [6.07, 6.45) is 5.21. The van der Waals surface area contributed by atoms with Crippen molar-refractivity contribution in [2.45, 2.75) is 19.4 Å². The van der Waals surface area contributed by atoms with Crippen LogP contribution >= 0.6 is 0 Å². The highest BCUT2D eigenvalue weighted by atomic mass is 16.5. The highest BCUT2D eigenvalue weighted by molar-refractivity contribution is 5.79. The lowest BCUT2D eigenvalue weighted by atomic mass is 10.0. The van der Waals surface area contributed by atoms with E-state index in [2.05, 4.69) is 9.97 Å². The van der Waals surface area contributed by atoms with Gasteiger partial charge in [-0.1, -0.05) is 24.3 Å². The quantitative estimate of drug-likeness (QED) is 0.868. The number of aromatic nitrogens is 2. The van der Waals surface area contributed by atoms with Gasteiger partial charge in [0.2, 0.25) is 5.91 Å². The van der Waals surface area contributed by atoms with E-state index in [9.17, 15) is 4.79 Å². The summed E-state index contributed by atoms with van der Waals surface area (Å²) in [6.45, 7) is 3.72. The summed E-state index contributed by atoms with van der Waals surface area (Å²) in [4.78, 5) is 22.7. The number of morpholine rings is 1. The SMILES string of the molecule is Cc1ccccc1CC(=O)N1CCO[C@@H](c2cnccn2)C1. The summed E-state index contributed by atoms with van der Waals surface area (Å²) in [5.74, 6) is 0.131. The average Bonchev–Trinajstić information content (AvgIpc) is 2.58. The predicted octanol–water partition coefficient (Wildman–Crippen LogP) is 1.93. The highest BCUT2D eigenvalue weighted by Gasteiger charge is 2.26. The van der Waals surface area contributed by atoms with Crippen LogP contribution in [0.5, 0.6) is 0 Å². The van der Waals surface area contributed by atoms with E-state index in [4.69, 9.17) is 4.74 Å². The van der Waals surface area contributed by atoms with E-state index in [0.29, 0.717) is 26.1 Å². The Morgan fingerprint density at radius 3 is 3.00 bits per heavy atom. The fourth-order valence-electron chi connectivity index (χ4n) is 2.61. The number of aryl methyl sites for hydroxylation is 1. The van der Waals surface area contributed by atoms with Crippen molar-refractivity contribution >= 4 is 5.91 Å². The third-order valence-electron chi connectivity index (χ3n) is 3.94. The topological polar surface area (TPSA) is 55.3 Å². The molecule has 0 unspecified atom stereocenters. The van der Waals surface area contributed by atoms with Crippen molar-refractivity contribution in [3.63, 3.8) is 0 Å². The summed E-state index contributed by atoms with van der Waals surface area (Å²) < 4.78 is 5.72. The van der Waals surface area contributed by atoms with E-state index in [1.807, 2.05) is 36.1 Å². The second kappa shape index (κ2) is 6.66. The molecule has 22 heavy (non-hydrogen) atoms. The Bertz CT molecular complexity index is 645. The van der Waals surface area contributed by atoms with Crippen LogP contribution in [0, 0.1) is 6.92 Å². The molecule has 2 aromatic rings. The maximum atomic E-state index is 12.5. The Hall–Kier alpha value is -2.27. The zero-order chi connectivity index (χ0) is 15.4. The van der Waals surface area contributed by atoms with Crippen molar-refractivity contribution in [3.8, 4) is 0 Å². The van der Waals surface area contributed by atoms with Crippen molar-refractivity contribution in [3.05, 3.63) is 59.7 Å². The van der Waals surface area contributed by atoms with E-state index in [0.717, 1.165) is 16.8 Å². The number of amides is 1. The van der Waals surface area contributed by atoms with E-state index >= 15 is 0 Å². The highest BCUT2D eigenvalue weighted by Crippen LogP contribution is 2.20. The molecule has 0 spiro atoms. The minimum absolute atomic E-state index is 0.131. The first-order valence-electron chi connectivity index (χ1n) is 7.44. The minimum atomic E-state index is -0.191. The standard InChI is InChI=1S/C17H19N3O2/c1-13-4-2-3-5-14(13)10-17(21)20-8-9-22-16(12-20)15-11-18-6-7-19-15/h2-7,11,16H,8-10,12H2,1H3/t16-/m1/s1. The summed E-state index contributed by atoms with van der Waals surface area (Å²) in [7, 11) is 0. The Balaban J connectivity index is 1.67. The maximum Gasteiger partial charge on any atom is 0.227 e. The fourth-order valence-corrected chi connectivity index (χ4v) is 2.61. The lowest BCUT2D eigenvalue weighted by Crippen LogP contribution is -2.43. The van der Waals surface area contributed by atoms with Gasteiger partial charge in [-0.25, -0.2) is 0 Å². The lowest BCUT2D eigenvalue weighted by molar-refractivity contribution is -0.138. The number of hydrogen-bond donors (Lipinski definition) is 0. The zero-order valence-electron chi connectivity index (χ0n) is 12.6. The number of benzene rings is 1. The van der Waals surface area contributed by atoms with E-state index < -0.39 is 0 Å². The number of carbonyl (C=O) groups excluding carboxylic acids is 1. The van der Waals surface area contributed by atoms with Crippen LogP contribution in [0.25, 0.3) is 0 Å². The normalized spacial score (nSPS) is 18.2. The van der Waals surface area contributed by atoms with Gasteiger partial charge < -0.3 is 9.64 Å². The molecule has 0 aliphatic carbocycles. The summed E-state index contributed by atoms with van der Waals surface area (Å²) in [5.41, 5.74) is 3.00. The van der Waals surface area contributed by atoms with Crippen LogP contribution in [-0.4, -0.2) is 40.5 Å². The molecule has 1 aromatic heterocycles. The third kappa shape index (κ3) is 3.31. The van der Waals surface area contributed by atoms with Crippen molar-refractivity contribution in [2.75, 3.05) is 19.7 Å². The van der Waals surface area contributed by atoms with E-state index in [1.54, 1.807) is 18.6 Å². The fraction of sp³-hybridized carbons (Fsp3) is 0.353. The maximum absolute atomic E-state index is 12.5. The first-order chi connectivity index (χ1) is 10.7. The van der Waals surface area contributed by atoms with Gasteiger partial charge in [-0.15, -0.1) is 0 Å². The molecule has 0 bridgehead atoms. The second-order valence-corrected chi connectivity index (χ2v) is 5.43. The number of rotatable bonds is 3. The molecule has 5 heteroatoms. The van der Waals surface area contributed by atoms with Crippen molar-refractivity contribution in [1.29, 1.82) is 0 Å². The molecule has 0 saturated carbocycles. The van der Waals surface area contributed by atoms with Gasteiger partial charge in [-0.3, -0.25) is 14.8 Å². The molecule has 1 amide bonds. The van der Waals surface area contributed by atoms with Crippen LogP contribution in [0.4, 0.5) is 0 Å². The number of hydrogen-bond acceptors (Lipinski definition) is 4. The average molecular weight is 297 g/mol. The third-order valence-corrected chi connectivity index (χ3v) is 3.94. The van der Waals surface area contributed by atoms with Gasteiger partial charge in [0.15, 0.2) is 0 Å².